The Balaban J connectivity index is 2.73. The van der Waals surface area contributed by atoms with Crippen LogP contribution < -0.4 is 0 Å². The van der Waals surface area contributed by atoms with Gasteiger partial charge in [-0.05, 0) is 37.2 Å². The van der Waals surface area contributed by atoms with E-state index in [4.69, 9.17) is 4.43 Å². The molecule has 2 rings (SSSR count). The molecule has 0 bridgehead atoms. The normalized spacial score (nSPS) is 13.7. The van der Waals surface area contributed by atoms with E-state index in [0.717, 1.165) is 6.07 Å². The SMILES string of the molecule is C[Si](C)(C)OC(c1ccccc1Cc1ccccc1)(C(F)(F)F)C(F)(F)F. The van der Waals surface area contributed by atoms with Gasteiger partial charge in [0.2, 0.25) is 0 Å². The highest BCUT2D eigenvalue weighted by atomic mass is 28.4. The fourth-order valence-electron chi connectivity index (χ4n) is 2.93. The van der Waals surface area contributed by atoms with Crippen molar-refractivity contribution in [2.45, 2.75) is 44.0 Å². The molecule has 0 N–H and O–H groups in total. The molecule has 148 valence electrons. The molecule has 27 heavy (non-hydrogen) atoms. The van der Waals surface area contributed by atoms with Gasteiger partial charge in [0.05, 0.1) is 0 Å². The quantitative estimate of drug-likeness (QED) is 0.410. The van der Waals surface area contributed by atoms with Crippen LogP contribution in [0.2, 0.25) is 19.6 Å². The summed E-state index contributed by atoms with van der Waals surface area (Å²) in [5.41, 5.74) is -4.74. The van der Waals surface area contributed by atoms with Crippen molar-refractivity contribution in [3.63, 3.8) is 0 Å². The Kier molecular flexibility index (Phi) is 5.82. The van der Waals surface area contributed by atoms with Gasteiger partial charge in [-0.2, -0.15) is 26.3 Å². The molecule has 1 nitrogen and oxygen atoms in total. The highest BCUT2D eigenvalue weighted by Crippen LogP contribution is 2.55. The van der Waals surface area contributed by atoms with Gasteiger partial charge in [0.15, 0.2) is 8.32 Å². The first-order valence-electron chi connectivity index (χ1n) is 8.24. The highest BCUT2D eigenvalue weighted by molar-refractivity contribution is 6.69. The second-order valence-corrected chi connectivity index (χ2v) is 11.6. The van der Waals surface area contributed by atoms with Crippen LogP contribution in [0.1, 0.15) is 16.7 Å². The lowest BCUT2D eigenvalue weighted by Crippen LogP contribution is -2.60. The first-order valence-corrected chi connectivity index (χ1v) is 11.6. The molecular weight excluding hydrogens is 386 g/mol. The zero-order valence-corrected chi connectivity index (χ0v) is 16.1. The number of rotatable bonds is 5. The van der Waals surface area contributed by atoms with Gasteiger partial charge in [-0.3, -0.25) is 0 Å². The zero-order valence-electron chi connectivity index (χ0n) is 15.1. The maximum atomic E-state index is 14.0. The van der Waals surface area contributed by atoms with Gasteiger partial charge < -0.3 is 4.43 Å². The molecule has 0 saturated heterocycles. The standard InChI is InChI=1S/C19H20F6OSi/c1-27(2,3)26-17(18(20,21)22,19(23,24)25)16-12-8-7-11-15(16)13-14-9-5-4-6-10-14/h4-12H,13H2,1-3H3. The van der Waals surface area contributed by atoms with E-state index in [1.54, 1.807) is 30.3 Å². The Morgan fingerprint density at radius 1 is 0.741 bits per heavy atom. The third-order valence-electron chi connectivity index (χ3n) is 3.89. The van der Waals surface area contributed by atoms with Crippen LogP contribution in [-0.2, 0) is 16.4 Å². The topological polar surface area (TPSA) is 9.23 Å². The smallest absolute Gasteiger partial charge is 0.394 e. The second-order valence-electron chi connectivity index (χ2n) is 7.21. The van der Waals surface area contributed by atoms with Crippen LogP contribution in [0.5, 0.6) is 0 Å². The average molecular weight is 406 g/mol. The summed E-state index contributed by atoms with van der Waals surface area (Å²) in [5.74, 6) is 0. The molecule has 0 fully saturated rings. The van der Waals surface area contributed by atoms with E-state index in [1.807, 2.05) is 0 Å². The Hall–Kier alpha value is -1.80. The van der Waals surface area contributed by atoms with Gasteiger partial charge in [0, 0.05) is 5.56 Å². The van der Waals surface area contributed by atoms with Crippen LogP contribution in [0.4, 0.5) is 26.3 Å². The minimum Gasteiger partial charge on any atom is -0.394 e. The van der Waals surface area contributed by atoms with Crippen LogP contribution in [0.3, 0.4) is 0 Å². The van der Waals surface area contributed by atoms with E-state index in [-0.39, 0.29) is 12.0 Å². The highest BCUT2D eigenvalue weighted by Gasteiger charge is 2.74. The van der Waals surface area contributed by atoms with Crippen LogP contribution in [0.15, 0.2) is 54.6 Å². The molecular formula is C19H20F6OSi. The summed E-state index contributed by atoms with van der Waals surface area (Å²) in [7, 11) is -3.25. The largest absolute Gasteiger partial charge is 0.429 e. The van der Waals surface area contributed by atoms with Crippen molar-refractivity contribution in [1.29, 1.82) is 0 Å². The van der Waals surface area contributed by atoms with Gasteiger partial charge in [-0.1, -0.05) is 54.6 Å². The molecule has 0 aromatic heterocycles. The van der Waals surface area contributed by atoms with Crippen LogP contribution >= 0.6 is 0 Å². The zero-order chi connectivity index (χ0) is 20.5. The van der Waals surface area contributed by atoms with E-state index in [9.17, 15) is 26.3 Å². The van der Waals surface area contributed by atoms with Gasteiger partial charge in [-0.15, -0.1) is 0 Å². The monoisotopic (exact) mass is 406 g/mol. The molecule has 0 saturated carbocycles. The molecule has 0 aliphatic carbocycles. The number of alkyl halides is 6. The predicted molar refractivity (Wildman–Crippen MR) is 93.9 cm³/mol. The van der Waals surface area contributed by atoms with Crippen molar-refractivity contribution >= 4 is 8.32 Å². The van der Waals surface area contributed by atoms with Crippen molar-refractivity contribution in [3.8, 4) is 0 Å². The average Bonchev–Trinajstić information content (AvgIpc) is 2.51. The molecule has 8 heteroatoms. The molecule has 2 aromatic carbocycles. The third kappa shape index (κ3) is 4.55. The van der Waals surface area contributed by atoms with E-state index < -0.39 is 31.8 Å². The Labute approximate surface area is 155 Å². The number of benzene rings is 2. The van der Waals surface area contributed by atoms with E-state index in [0.29, 0.717) is 5.56 Å². The van der Waals surface area contributed by atoms with Crippen molar-refractivity contribution in [2.24, 2.45) is 0 Å². The molecule has 0 aliphatic heterocycles. The summed E-state index contributed by atoms with van der Waals surface area (Å²) in [5, 5.41) is 0. The summed E-state index contributed by atoms with van der Waals surface area (Å²) in [6.45, 7) is 3.91. The molecule has 2 aromatic rings. The summed E-state index contributed by atoms with van der Waals surface area (Å²) in [6.07, 6.45) is -11.4. The molecule has 0 amide bonds. The molecule has 0 spiro atoms. The summed E-state index contributed by atoms with van der Waals surface area (Å²) in [4.78, 5) is 0. The van der Waals surface area contributed by atoms with Crippen molar-refractivity contribution in [1.82, 2.24) is 0 Å². The molecule has 0 aliphatic rings. The third-order valence-corrected chi connectivity index (χ3v) is 4.81. The van der Waals surface area contributed by atoms with Crippen LogP contribution in [0.25, 0.3) is 0 Å². The predicted octanol–water partition coefficient (Wildman–Crippen LogP) is 6.45. The Morgan fingerprint density at radius 2 is 1.22 bits per heavy atom. The van der Waals surface area contributed by atoms with Crippen LogP contribution in [0, 0.1) is 0 Å². The number of hydrogen-bond donors (Lipinski definition) is 0. The lowest BCUT2D eigenvalue weighted by atomic mass is 9.86. The van der Waals surface area contributed by atoms with E-state index >= 15 is 0 Å². The molecule has 0 unspecified atom stereocenters. The lowest BCUT2D eigenvalue weighted by molar-refractivity contribution is -0.368. The molecule has 0 heterocycles. The molecule has 0 atom stereocenters. The number of hydrogen-bond acceptors (Lipinski definition) is 1. The first-order chi connectivity index (χ1) is 12.3. The minimum atomic E-state index is -5.67. The van der Waals surface area contributed by atoms with E-state index in [2.05, 4.69) is 0 Å². The van der Waals surface area contributed by atoms with Gasteiger partial charge in [0.1, 0.15) is 0 Å². The Bertz CT molecular complexity index is 748. The Morgan fingerprint density at radius 3 is 1.70 bits per heavy atom. The first kappa shape index (κ1) is 21.5. The van der Waals surface area contributed by atoms with Crippen molar-refractivity contribution in [2.75, 3.05) is 0 Å². The van der Waals surface area contributed by atoms with Crippen LogP contribution in [-0.4, -0.2) is 20.7 Å². The maximum absolute atomic E-state index is 14.0. The second kappa shape index (κ2) is 7.31. The minimum absolute atomic E-state index is 0.0695. The van der Waals surface area contributed by atoms with Gasteiger partial charge in [0.25, 0.3) is 5.60 Å². The van der Waals surface area contributed by atoms with Crippen molar-refractivity contribution < 1.29 is 30.8 Å². The summed E-state index contributed by atoms with van der Waals surface area (Å²) < 4.78 is 88.8. The lowest BCUT2D eigenvalue weighted by Gasteiger charge is -2.42. The van der Waals surface area contributed by atoms with Crippen molar-refractivity contribution in [3.05, 3.63) is 71.3 Å². The fraction of sp³-hybridized carbons (Fsp3) is 0.368. The number of halogens is 6. The maximum Gasteiger partial charge on any atom is 0.429 e. The summed E-state index contributed by atoms with van der Waals surface area (Å²) in [6, 6.07) is 13.1. The van der Waals surface area contributed by atoms with Gasteiger partial charge >= 0.3 is 12.4 Å². The van der Waals surface area contributed by atoms with E-state index in [1.165, 1.54) is 37.8 Å². The summed E-state index contributed by atoms with van der Waals surface area (Å²) >= 11 is 0. The van der Waals surface area contributed by atoms with Gasteiger partial charge in [-0.25, -0.2) is 0 Å². The fourth-order valence-corrected chi connectivity index (χ4v) is 4.19. The molecule has 0 radical (unpaired) electrons.